The van der Waals surface area contributed by atoms with Crippen LogP contribution in [0.1, 0.15) is 48.5 Å². The highest BCUT2D eigenvalue weighted by atomic mass is 19.3. The first kappa shape index (κ1) is 18.6. The van der Waals surface area contributed by atoms with Gasteiger partial charge in [-0.05, 0) is 50.3 Å². The van der Waals surface area contributed by atoms with Crippen molar-refractivity contribution in [3.8, 4) is 0 Å². The maximum Gasteiger partial charge on any atom is 0.326 e. The van der Waals surface area contributed by atoms with Gasteiger partial charge in [0.15, 0.2) is 0 Å². The summed E-state index contributed by atoms with van der Waals surface area (Å²) in [5.41, 5.74) is 1.52. The van der Waals surface area contributed by atoms with Crippen molar-refractivity contribution in [2.24, 2.45) is 0 Å². The SMILES string of the molecule is O=C(NCC(F)F)[C@@H]1CCCCN1C(=O)c1ccc2c(c1)[nH]c(=O)n2C1CC1. The van der Waals surface area contributed by atoms with E-state index in [0.717, 1.165) is 31.2 Å². The van der Waals surface area contributed by atoms with Crippen LogP contribution in [0.2, 0.25) is 0 Å². The average molecular weight is 392 g/mol. The minimum atomic E-state index is -2.63. The predicted octanol–water partition coefficient (Wildman–Crippen LogP) is 2.04. The molecule has 1 aliphatic heterocycles. The number of aromatic nitrogens is 2. The van der Waals surface area contributed by atoms with Crippen LogP contribution >= 0.6 is 0 Å². The zero-order chi connectivity index (χ0) is 19.8. The molecular formula is C19H22F2N4O3. The van der Waals surface area contributed by atoms with Crippen LogP contribution in [0.5, 0.6) is 0 Å². The van der Waals surface area contributed by atoms with Gasteiger partial charge in [-0.1, -0.05) is 0 Å². The highest BCUT2D eigenvalue weighted by Crippen LogP contribution is 2.35. The molecule has 4 rings (SSSR count). The maximum absolute atomic E-state index is 13.0. The van der Waals surface area contributed by atoms with Gasteiger partial charge in [-0.3, -0.25) is 14.2 Å². The summed E-state index contributed by atoms with van der Waals surface area (Å²) in [7, 11) is 0. The Morgan fingerprint density at radius 3 is 2.71 bits per heavy atom. The molecule has 0 unspecified atom stereocenters. The molecule has 9 heteroatoms. The summed E-state index contributed by atoms with van der Waals surface area (Å²) in [5, 5.41) is 2.21. The molecule has 0 radical (unpaired) electrons. The number of H-pyrrole nitrogens is 1. The van der Waals surface area contributed by atoms with E-state index in [9.17, 15) is 23.2 Å². The lowest BCUT2D eigenvalue weighted by Gasteiger charge is -2.34. The zero-order valence-electron chi connectivity index (χ0n) is 15.3. The second-order valence-corrected chi connectivity index (χ2v) is 7.41. The molecule has 1 saturated heterocycles. The number of hydrogen-bond donors (Lipinski definition) is 2. The Hall–Kier alpha value is -2.71. The second-order valence-electron chi connectivity index (χ2n) is 7.41. The van der Waals surface area contributed by atoms with Crippen molar-refractivity contribution in [3.05, 3.63) is 34.2 Å². The molecule has 2 aliphatic rings. The molecule has 1 saturated carbocycles. The van der Waals surface area contributed by atoms with Gasteiger partial charge in [0.05, 0.1) is 17.6 Å². The summed E-state index contributed by atoms with van der Waals surface area (Å²) in [5.74, 6) is -0.887. The van der Waals surface area contributed by atoms with Crippen LogP contribution in [-0.2, 0) is 4.79 Å². The molecule has 2 heterocycles. The third-order valence-electron chi connectivity index (χ3n) is 5.37. The van der Waals surface area contributed by atoms with Crippen LogP contribution in [-0.4, -0.2) is 51.8 Å². The quantitative estimate of drug-likeness (QED) is 0.816. The Bertz CT molecular complexity index is 964. The van der Waals surface area contributed by atoms with E-state index in [2.05, 4.69) is 10.3 Å². The number of amides is 2. The molecule has 2 amide bonds. The summed E-state index contributed by atoms with van der Waals surface area (Å²) < 4.78 is 26.5. The van der Waals surface area contributed by atoms with Gasteiger partial charge in [0.2, 0.25) is 5.91 Å². The van der Waals surface area contributed by atoms with Crippen molar-refractivity contribution in [3.63, 3.8) is 0 Å². The van der Waals surface area contributed by atoms with Crippen LogP contribution in [0.25, 0.3) is 11.0 Å². The number of piperidine rings is 1. The number of aromatic amines is 1. The molecule has 28 heavy (non-hydrogen) atoms. The van der Waals surface area contributed by atoms with Gasteiger partial charge >= 0.3 is 5.69 Å². The minimum Gasteiger partial charge on any atom is -0.349 e. The molecule has 2 aromatic rings. The first-order valence-corrected chi connectivity index (χ1v) is 9.57. The molecule has 1 aromatic carbocycles. The Labute approximate surface area is 159 Å². The number of hydrogen-bond acceptors (Lipinski definition) is 3. The summed E-state index contributed by atoms with van der Waals surface area (Å²) in [6, 6.07) is 4.48. The molecule has 1 atom stereocenters. The number of carbonyl (C=O) groups is 2. The Balaban J connectivity index is 1.58. The molecule has 2 N–H and O–H groups in total. The van der Waals surface area contributed by atoms with Gasteiger partial charge in [-0.25, -0.2) is 13.6 Å². The Kier molecular flexibility index (Phi) is 4.91. The normalized spacial score (nSPS) is 20.0. The second kappa shape index (κ2) is 7.37. The molecule has 1 aromatic heterocycles. The summed E-state index contributed by atoms with van der Waals surface area (Å²) >= 11 is 0. The first-order valence-electron chi connectivity index (χ1n) is 9.57. The van der Waals surface area contributed by atoms with E-state index < -0.39 is 24.9 Å². The topological polar surface area (TPSA) is 87.2 Å². The lowest BCUT2D eigenvalue weighted by atomic mass is 10.00. The molecule has 150 valence electrons. The molecule has 7 nitrogen and oxygen atoms in total. The lowest BCUT2D eigenvalue weighted by molar-refractivity contribution is -0.127. The van der Waals surface area contributed by atoms with Gasteiger partial charge in [-0.2, -0.15) is 0 Å². The van der Waals surface area contributed by atoms with Crippen molar-refractivity contribution in [1.82, 2.24) is 19.8 Å². The van der Waals surface area contributed by atoms with E-state index in [1.807, 2.05) is 0 Å². The molecule has 2 fully saturated rings. The monoisotopic (exact) mass is 392 g/mol. The van der Waals surface area contributed by atoms with Crippen LogP contribution in [0.3, 0.4) is 0 Å². The van der Waals surface area contributed by atoms with Crippen molar-refractivity contribution < 1.29 is 18.4 Å². The fourth-order valence-corrected chi connectivity index (χ4v) is 3.87. The average Bonchev–Trinajstić information content (AvgIpc) is 3.46. The van der Waals surface area contributed by atoms with Crippen molar-refractivity contribution in [1.29, 1.82) is 0 Å². The van der Waals surface area contributed by atoms with E-state index >= 15 is 0 Å². The van der Waals surface area contributed by atoms with Gasteiger partial charge in [0.1, 0.15) is 6.04 Å². The lowest BCUT2D eigenvalue weighted by Crippen LogP contribution is -2.52. The fraction of sp³-hybridized carbons (Fsp3) is 0.526. The number of nitrogens with zero attached hydrogens (tertiary/aromatic N) is 2. The Morgan fingerprint density at radius 1 is 1.21 bits per heavy atom. The standard InChI is InChI=1S/C19H22F2N4O3/c20-16(21)10-22-17(26)15-3-1-2-8-24(15)18(27)11-4-7-14-13(9-11)23-19(28)25(14)12-5-6-12/h4,7,9,12,15-16H,1-3,5-6,8,10H2,(H,22,26)(H,23,28)/t15-/m0/s1. The van der Waals surface area contributed by atoms with E-state index in [1.54, 1.807) is 22.8 Å². The fourth-order valence-electron chi connectivity index (χ4n) is 3.87. The van der Waals surface area contributed by atoms with Crippen LogP contribution in [0.4, 0.5) is 8.78 Å². The number of halogens is 2. The van der Waals surface area contributed by atoms with E-state index in [0.29, 0.717) is 24.0 Å². The van der Waals surface area contributed by atoms with Crippen molar-refractivity contribution in [2.45, 2.75) is 50.6 Å². The largest absolute Gasteiger partial charge is 0.349 e. The van der Waals surface area contributed by atoms with Crippen LogP contribution in [0, 0.1) is 0 Å². The maximum atomic E-state index is 13.0. The predicted molar refractivity (Wildman–Crippen MR) is 98.5 cm³/mol. The van der Waals surface area contributed by atoms with Crippen LogP contribution in [0.15, 0.2) is 23.0 Å². The van der Waals surface area contributed by atoms with E-state index in [1.165, 1.54) is 4.90 Å². The third-order valence-corrected chi connectivity index (χ3v) is 5.37. The number of likely N-dealkylation sites (tertiary alicyclic amines) is 1. The van der Waals surface area contributed by atoms with Gasteiger partial charge in [0, 0.05) is 18.2 Å². The number of imidazole rings is 1. The van der Waals surface area contributed by atoms with Gasteiger partial charge < -0.3 is 15.2 Å². The number of alkyl halides is 2. The molecule has 0 bridgehead atoms. The zero-order valence-corrected chi connectivity index (χ0v) is 15.3. The Morgan fingerprint density at radius 2 is 2.00 bits per heavy atom. The number of nitrogens with one attached hydrogen (secondary N) is 2. The molecule has 0 spiro atoms. The van der Waals surface area contributed by atoms with E-state index in [4.69, 9.17) is 0 Å². The smallest absolute Gasteiger partial charge is 0.326 e. The summed E-state index contributed by atoms with van der Waals surface area (Å²) in [4.78, 5) is 41.7. The first-order chi connectivity index (χ1) is 13.5. The number of rotatable bonds is 5. The number of carbonyl (C=O) groups excluding carboxylic acids is 2. The molecular weight excluding hydrogens is 370 g/mol. The van der Waals surface area contributed by atoms with Gasteiger partial charge in [0.25, 0.3) is 12.3 Å². The van der Waals surface area contributed by atoms with Crippen molar-refractivity contribution in [2.75, 3.05) is 13.1 Å². The highest BCUT2D eigenvalue weighted by Gasteiger charge is 2.33. The van der Waals surface area contributed by atoms with Gasteiger partial charge in [-0.15, -0.1) is 0 Å². The number of fused-ring (bicyclic) bond motifs is 1. The third kappa shape index (κ3) is 3.53. The highest BCUT2D eigenvalue weighted by molar-refractivity contribution is 6.00. The van der Waals surface area contributed by atoms with Crippen molar-refractivity contribution >= 4 is 22.8 Å². The summed E-state index contributed by atoms with van der Waals surface area (Å²) in [6.07, 6.45) is 1.26. The minimum absolute atomic E-state index is 0.190. The van der Waals surface area contributed by atoms with Crippen LogP contribution < -0.4 is 11.0 Å². The number of benzene rings is 1. The summed E-state index contributed by atoms with van der Waals surface area (Å²) in [6.45, 7) is -0.331. The van der Waals surface area contributed by atoms with E-state index in [-0.39, 0.29) is 17.6 Å². The molecule has 1 aliphatic carbocycles.